The molecule has 3 N–H and O–H groups in total. The number of rotatable bonds is 2. The second-order valence-electron chi connectivity index (χ2n) is 1.82. The summed E-state index contributed by atoms with van der Waals surface area (Å²) in [5, 5.41) is 10.8. The van der Waals surface area contributed by atoms with Gasteiger partial charge in [0.1, 0.15) is 0 Å². The van der Waals surface area contributed by atoms with Gasteiger partial charge in [0.15, 0.2) is 6.10 Å². The van der Waals surface area contributed by atoms with E-state index in [0.717, 1.165) is 0 Å². The standard InChI is InChI=1S/C6H7NO2S/c7-6(9)5(8)4-2-1-3-10-4/h1-3,5,8H,(H2,7,9). The zero-order chi connectivity index (χ0) is 7.56. The van der Waals surface area contributed by atoms with E-state index in [9.17, 15) is 4.79 Å². The van der Waals surface area contributed by atoms with E-state index in [1.165, 1.54) is 11.3 Å². The number of carbonyl (C=O) groups excluding carboxylic acids is 1. The van der Waals surface area contributed by atoms with Crippen LogP contribution in [0.1, 0.15) is 11.0 Å². The smallest absolute Gasteiger partial charge is 0.251 e. The van der Waals surface area contributed by atoms with Gasteiger partial charge < -0.3 is 10.8 Å². The van der Waals surface area contributed by atoms with Crippen LogP contribution in [0.5, 0.6) is 0 Å². The maximum atomic E-state index is 10.4. The third-order valence-corrected chi connectivity index (χ3v) is 2.01. The maximum absolute atomic E-state index is 10.4. The Hall–Kier alpha value is -0.870. The molecule has 54 valence electrons. The molecule has 0 bridgehead atoms. The van der Waals surface area contributed by atoms with Crippen LogP contribution in [-0.2, 0) is 4.79 Å². The van der Waals surface area contributed by atoms with Crippen LogP contribution in [0.4, 0.5) is 0 Å². The quantitative estimate of drug-likeness (QED) is 0.647. The van der Waals surface area contributed by atoms with Crippen molar-refractivity contribution < 1.29 is 9.90 Å². The van der Waals surface area contributed by atoms with Crippen molar-refractivity contribution in [2.45, 2.75) is 6.10 Å². The minimum absolute atomic E-state index is 0.590. The summed E-state index contributed by atoms with van der Waals surface area (Å²) in [5.41, 5.74) is 4.84. The third kappa shape index (κ3) is 1.34. The number of aliphatic hydroxyl groups excluding tert-OH is 1. The van der Waals surface area contributed by atoms with E-state index >= 15 is 0 Å². The summed E-state index contributed by atoms with van der Waals surface area (Å²) < 4.78 is 0. The first-order valence-corrected chi connectivity index (χ1v) is 3.60. The Kier molecular flexibility index (Phi) is 2.03. The van der Waals surface area contributed by atoms with Crippen LogP contribution < -0.4 is 5.73 Å². The van der Waals surface area contributed by atoms with Crippen molar-refractivity contribution in [3.05, 3.63) is 22.4 Å². The topological polar surface area (TPSA) is 63.3 Å². The highest BCUT2D eigenvalue weighted by molar-refractivity contribution is 7.10. The normalized spacial score (nSPS) is 12.9. The molecule has 0 spiro atoms. The van der Waals surface area contributed by atoms with Gasteiger partial charge in [-0.1, -0.05) is 6.07 Å². The third-order valence-electron chi connectivity index (χ3n) is 1.08. The van der Waals surface area contributed by atoms with Crippen molar-refractivity contribution in [1.82, 2.24) is 0 Å². The van der Waals surface area contributed by atoms with Crippen LogP contribution in [0.15, 0.2) is 17.5 Å². The van der Waals surface area contributed by atoms with Gasteiger partial charge in [0.25, 0.3) is 5.91 Å². The molecule has 10 heavy (non-hydrogen) atoms. The Balaban J connectivity index is 2.77. The van der Waals surface area contributed by atoms with Crippen LogP contribution in [0, 0.1) is 0 Å². The Morgan fingerprint density at radius 1 is 1.80 bits per heavy atom. The molecule has 1 heterocycles. The van der Waals surface area contributed by atoms with E-state index in [1.54, 1.807) is 17.5 Å². The van der Waals surface area contributed by atoms with Crippen molar-refractivity contribution in [1.29, 1.82) is 0 Å². The van der Waals surface area contributed by atoms with Gasteiger partial charge in [-0.3, -0.25) is 4.79 Å². The summed E-state index contributed by atoms with van der Waals surface area (Å²) in [4.78, 5) is 11.0. The lowest BCUT2D eigenvalue weighted by molar-refractivity contribution is -0.126. The number of aliphatic hydroxyl groups is 1. The number of nitrogens with two attached hydrogens (primary N) is 1. The molecule has 0 aromatic carbocycles. The van der Waals surface area contributed by atoms with Gasteiger partial charge >= 0.3 is 0 Å². The van der Waals surface area contributed by atoms with Crippen LogP contribution in [0.2, 0.25) is 0 Å². The van der Waals surface area contributed by atoms with Crippen molar-refractivity contribution in [3.63, 3.8) is 0 Å². The predicted molar refractivity (Wildman–Crippen MR) is 38.5 cm³/mol. The Morgan fingerprint density at radius 2 is 2.50 bits per heavy atom. The molecule has 1 aromatic rings. The van der Waals surface area contributed by atoms with Crippen LogP contribution >= 0.6 is 11.3 Å². The maximum Gasteiger partial charge on any atom is 0.251 e. The molecule has 1 unspecified atom stereocenters. The van der Waals surface area contributed by atoms with E-state index in [4.69, 9.17) is 10.8 Å². The lowest BCUT2D eigenvalue weighted by atomic mass is 10.3. The summed E-state index contributed by atoms with van der Waals surface area (Å²) in [5.74, 6) is -0.706. The summed E-state index contributed by atoms with van der Waals surface area (Å²) in [6, 6.07) is 3.42. The average molecular weight is 157 g/mol. The average Bonchev–Trinajstić information content (AvgIpc) is 2.36. The fraction of sp³-hybridized carbons (Fsp3) is 0.167. The van der Waals surface area contributed by atoms with Crippen LogP contribution in [-0.4, -0.2) is 11.0 Å². The predicted octanol–water partition coefficient (Wildman–Crippen LogP) is 0.267. The van der Waals surface area contributed by atoms with Gasteiger partial charge in [-0.25, -0.2) is 0 Å². The van der Waals surface area contributed by atoms with Gasteiger partial charge in [0.05, 0.1) is 0 Å². The number of hydrogen-bond acceptors (Lipinski definition) is 3. The fourth-order valence-corrected chi connectivity index (χ4v) is 1.30. The van der Waals surface area contributed by atoms with E-state index in [1.807, 2.05) is 0 Å². The number of thiophene rings is 1. The lowest BCUT2D eigenvalue weighted by Gasteiger charge is -2.00. The zero-order valence-corrected chi connectivity index (χ0v) is 5.97. The Labute approximate surface area is 62.1 Å². The Morgan fingerprint density at radius 3 is 2.90 bits per heavy atom. The molecule has 0 fully saturated rings. The highest BCUT2D eigenvalue weighted by Gasteiger charge is 2.13. The number of amides is 1. The lowest BCUT2D eigenvalue weighted by Crippen LogP contribution is -2.19. The molecule has 1 amide bonds. The van der Waals surface area contributed by atoms with Gasteiger partial charge in [-0.05, 0) is 11.4 Å². The van der Waals surface area contributed by atoms with Crippen molar-refractivity contribution >= 4 is 17.2 Å². The Bertz CT molecular complexity index is 220. The largest absolute Gasteiger partial charge is 0.378 e. The molecule has 0 aliphatic carbocycles. The van der Waals surface area contributed by atoms with E-state index in [2.05, 4.69) is 0 Å². The van der Waals surface area contributed by atoms with Gasteiger partial charge in [0.2, 0.25) is 0 Å². The monoisotopic (exact) mass is 157 g/mol. The molecule has 0 saturated heterocycles. The van der Waals surface area contributed by atoms with Crippen LogP contribution in [0.25, 0.3) is 0 Å². The second kappa shape index (κ2) is 2.81. The number of hydrogen-bond donors (Lipinski definition) is 2. The first kappa shape index (κ1) is 7.24. The molecule has 0 aliphatic heterocycles. The summed E-state index contributed by atoms with van der Waals surface area (Å²) in [6.45, 7) is 0. The minimum Gasteiger partial charge on any atom is -0.378 e. The molecular weight excluding hydrogens is 150 g/mol. The first-order valence-electron chi connectivity index (χ1n) is 2.72. The summed E-state index contributed by atoms with van der Waals surface area (Å²) in [7, 11) is 0. The van der Waals surface area contributed by atoms with Gasteiger partial charge in [0, 0.05) is 4.88 Å². The molecule has 1 rings (SSSR count). The number of carbonyl (C=O) groups is 1. The van der Waals surface area contributed by atoms with E-state index in [-0.39, 0.29) is 0 Å². The molecule has 3 nitrogen and oxygen atoms in total. The highest BCUT2D eigenvalue weighted by Crippen LogP contribution is 2.17. The molecule has 1 atom stereocenters. The van der Waals surface area contributed by atoms with E-state index < -0.39 is 12.0 Å². The zero-order valence-electron chi connectivity index (χ0n) is 5.15. The van der Waals surface area contributed by atoms with Gasteiger partial charge in [-0.2, -0.15) is 0 Å². The molecule has 4 heteroatoms. The van der Waals surface area contributed by atoms with Gasteiger partial charge in [-0.15, -0.1) is 11.3 Å². The summed E-state index contributed by atoms with van der Waals surface area (Å²) in [6.07, 6.45) is -1.14. The second-order valence-corrected chi connectivity index (χ2v) is 2.80. The van der Waals surface area contributed by atoms with Crippen LogP contribution in [0.3, 0.4) is 0 Å². The van der Waals surface area contributed by atoms with Crippen molar-refractivity contribution in [3.8, 4) is 0 Å². The minimum atomic E-state index is -1.14. The first-order chi connectivity index (χ1) is 4.72. The molecule has 0 radical (unpaired) electrons. The SMILES string of the molecule is NC(=O)C(O)c1cccs1. The van der Waals surface area contributed by atoms with Crippen molar-refractivity contribution in [2.24, 2.45) is 5.73 Å². The van der Waals surface area contributed by atoms with Crippen molar-refractivity contribution in [2.75, 3.05) is 0 Å². The molecule has 0 saturated carbocycles. The molecular formula is C6H7NO2S. The molecule has 1 aromatic heterocycles. The summed E-state index contributed by atoms with van der Waals surface area (Å²) >= 11 is 1.31. The fourth-order valence-electron chi connectivity index (χ4n) is 0.587. The molecule has 0 aliphatic rings. The van der Waals surface area contributed by atoms with E-state index in [0.29, 0.717) is 4.88 Å². The number of primary amides is 1. The highest BCUT2D eigenvalue weighted by atomic mass is 32.1.